The van der Waals surface area contributed by atoms with E-state index in [1.165, 1.54) is 0 Å². The van der Waals surface area contributed by atoms with Gasteiger partial charge in [-0.25, -0.2) is 0 Å². The Bertz CT molecular complexity index is 589. The third kappa shape index (κ3) is 5.01. The van der Waals surface area contributed by atoms with E-state index >= 15 is 0 Å². The van der Waals surface area contributed by atoms with Crippen LogP contribution < -0.4 is 5.32 Å². The van der Waals surface area contributed by atoms with Crippen molar-refractivity contribution in [2.45, 2.75) is 25.5 Å². The van der Waals surface area contributed by atoms with Crippen LogP contribution in [0.2, 0.25) is 10.0 Å². The lowest BCUT2D eigenvalue weighted by Crippen LogP contribution is -2.32. The molecule has 2 aromatic carbocycles. The van der Waals surface area contributed by atoms with Gasteiger partial charge < -0.3 is 10.4 Å². The first kappa shape index (κ1) is 16.3. The summed E-state index contributed by atoms with van der Waals surface area (Å²) in [6, 6.07) is 15.3. The lowest BCUT2D eigenvalue weighted by atomic mass is 10.1. The maximum atomic E-state index is 10.2. The molecule has 0 saturated heterocycles. The van der Waals surface area contributed by atoms with Crippen LogP contribution >= 0.6 is 23.2 Å². The zero-order chi connectivity index (χ0) is 15.2. The molecular formula is C17H19Cl2NO. The Morgan fingerprint density at radius 3 is 2.57 bits per heavy atom. The molecule has 0 aliphatic heterocycles. The standard InChI is InChI=1S/C17H19Cl2NO/c1-12(9-13-5-2-3-8-16(13)19)20-11-17(21)14-6-4-7-15(18)10-14/h2-8,10,12,17,20-21H,9,11H2,1H3/t12?,17-/m0/s1. The summed E-state index contributed by atoms with van der Waals surface area (Å²) in [4.78, 5) is 0. The molecule has 0 radical (unpaired) electrons. The molecule has 0 aliphatic rings. The quantitative estimate of drug-likeness (QED) is 0.833. The zero-order valence-corrected chi connectivity index (χ0v) is 13.4. The maximum absolute atomic E-state index is 10.2. The van der Waals surface area contributed by atoms with Crippen LogP contribution in [0.3, 0.4) is 0 Å². The van der Waals surface area contributed by atoms with Crippen molar-refractivity contribution in [3.63, 3.8) is 0 Å². The van der Waals surface area contributed by atoms with E-state index < -0.39 is 6.10 Å². The lowest BCUT2D eigenvalue weighted by molar-refractivity contribution is 0.170. The van der Waals surface area contributed by atoms with Crippen molar-refractivity contribution in [3.8, 4) is 0 Å². The fraction of sp³-hybridized carbons (Fsp3) is 0.294. The minimum atomic E-state index is -0.572. The number of hydrogen-bond acceptors (Lipinski definition) is 2. The summed E-state index contributed by atoms with van der Waals surface area (Å²) < 4.78 is 0. The van der Waals surface area contributed by atoms with Crippen LogP contribution in [0.1, 0.15) is 24.2 Å². The van der Waals surface area contributed by atoms with Crippen LogP contribution in [0, 0.1) is 0 Å². The van der Waals surface area contributed by atoms with E-state index in [4.69, 9.17) is 23.2 Å². The minimum absolute atomic E-state index is 0.221. The second kappa shape index (κ2) is 7.81. The molecule has 2 rings (SSSR count). The Labute approximate surface area is 135 Å². The summed E-state index contributed by atoms with van der Waals surface area (Å²) in [7, 11) is 0. The second-order valence-electron chi connectivity index (χ2n) is 5.18. The highest BCUT2D eigenvalue weighted by Gasteiger charge is 2.11. The van der Waals surface area contributed by atoms with Crippen LogP contribution in [0.15, 0.2) is 48.5 Å². The molecule has 0 bridgehead atoms. The molecule has 112 valence electrons. The molecule has 2 aromatic rings. The van der Waals surface area contributed by atoms with Gasteiger partial charge in [0.2, 0.25) is 0 Å². The number of halogens is 2. The number of nitrogens with one attached hydrogen (secondary N) is 1. The van der Waals surface area contributed by atoms with E-state index in [-0.39, 0.29) is 6.04 Å². The van der Waals surface area contributed by atoms with Gasteiger partial charge in [-0.05, 0) is 42.7 Å². The summed E-state index contributed by atoms with van der Waals surface area (Å²) in [5, 5.41) is 14.9. The molecule has 21 heavy (non-hydrogen) atoms. The van der Waals surface area contributed by atoms with Gasteiger partial charge >= 0.3 is 0 Å². The highest BCUT2D eigenvalue weighted by molar-refractivity contribution is 6.31. The third-order valence-electron chi connectivity index (χ3n) is 3.38. The van der Waals surface area contributed by atoms with E-state index in [0.717, 1.165) is 22.6 Å². The first-order valence-corrected chi connectivity index (χ1v) is 7.72. The molecule has 0 heterocycles. The van der Waals surface area contributed by atoms with Crippen molar-refractivity contribution in [3.05, 3.63) is 69.7 Å². The predicted molar refractivity (Wildman–Crippen MR) is 89.0 cm³/mol. The topological polar surface area (TPSA) is 32.3 Å². The minimum Gasteiger partial charge on any atom is -0.387 e. The smallest absolute Gasteiger partial charge is 0.0914 e. The van der Waals surface area contributed by atoms with Crippen molar-refractivity contribution in [1.29, 1.82) is 0 Å². The van der Waals surface area contributed by atoms with Crippen LogP contribution in [-0.2, 0) is 6.42 Å². The summed E-state index contributed by atoms with van der Waals surface area (Å²) >= 11 is 12.1. The first-order chi connectivity index (χ1) is 10.1. The van der Waals surface area contributed by atoms with Gasteiger partial charge in [0.05, 0.1) is 6.10 Å². The average molecular weight is 324 g/mol. The summed E-state index contributed by atoms with van der Waals surface area (Å²) in [6.07, 6.45) is 0.250. The zero-order valence-electron chi connectivity index (χ0n) is 11.9. The Kier molecular flexibility index (Phi) is 6.07. The van der Waals surface area contributed by atoms with Crippen LogP contribution in [0.25, 0.3) is 0 Å². The van der Waals surface area contributed by atoms with Gasteiger partial charge in [0, 0.05) is 22.6 Å². The molecule has 0 aliphatic carbocycles. The molecular weight excluding hydrogens is 305 g/mol. The average Bonchev–Trinajstić information content (AvgIpc) is 2.47. The highest BCUT2D eigenvalue weighted by Crippen LogP contribution is 2.18. The number of hydrogen-bond donors (Lipinski definition) is 2. The van der Waals surface area contributed by atoms with E-state index in [1.54, 1.807) is 12.1 Å². The molecule has 2 N–H and O–H groups in total. The van der Waals surface area contributed by atoms with Crippen molar-refractivity contribution < 1.29 is 5.11 Å². The van der Waals surface area contributed by atoms with Gasteiger partial charge in [-0.15, -0.1) is 0 Å². The van der Waals surface area contributed by atoms with Gasteiger partial charge in [-0.1, -0.05) is 53.5 Å². The summed E-state index contributed by atoms with van der Waals surface area (Å²) in [6.45, 7) is 2.56. The molecule has 0 fully saturated rings. The first-order valence-electron chi connectivity index (χ1n) is 6.96. The number of rotatable bonds is 6. The Morgan fingerprint density at radius 2 is 1.86 bits per heavy atom. The Hall–Kier alpha value is -1.06. The predicted octanol–water partition coefficient (Wildman–Crippen LogP) is 4.25. The number of aliphatic hydroxyl groups excluding tert-OH is 1. The van der Waals surface area contributed by atoms with E-state index in [0.29, 0.717) is 11.6 Å². The molecule has 2 atom stereocenters. The molecule has 2 nitrogen and oxygen atoms in total. The van der Waals surface area contributed by atoms with Crippen molar-refractivity contribution in [2.24, 2.45) is 0 Å². The molecule has 0 saturated carbocycles. The third-order valence-corrected chi connectivity index (χ3v) is 3.98. The fourth-order valence-corrected chi connectivity index (χ4v) is 2.62. The van der Waals surface area contributed by atoms with Gasteiger partial charge in [-0.3, -0.25) is 0 Å². The highest BCUT2D eigenvalue weighted by atomic mass is 35.5. The molecule has 0 aromatic heterocycles. The number of benzene rings is 2. The van der Waals surface area contributed by atoms with Crippen molar-refractivity contribution in [1.82, 2.24) is 5.32 Å². The van der Waals surface area contributed by atoms with Crippen LogP contribution in [0.5, 0.6) is 0 Å². The molecule has 0 spiro atoms. The number of aliphatic hydroxyl groups is 1. The maximum Gasteiger partial charge on any atom is 0.0914 e. The monoisotopic (exact) mass is 323 g/mol. The van der Waals surface area contributed by atoms with Crippen molar-refractivity contribution >= 4 is 23.2 Å². The van der Waals surface area contributed by atoms with E-state index in [9.17, 15) is 5.11 Å². The summed E-state index contributed by atoms with van der Waals surface area (Å²) in [5.41, 5.74) is 1.93. The SMILES string of the molecule is CC(Cc1ccccc1Cl)NC[C@H](O)c1cccc(Cl)c1. The Balaban J connectivity index is 1.86. The molecule has 1 unspecified atom stereocenters. The largest absolute Gasteiger partial charge is 0.387 e. The van der Waals surface area contributed by atoms with Gasteiger partial charge in [0.1, 0.15) is 0 Å². The normalized spacial score (nSPS) is 13.9. The van der Waals surface area contributed by atoms with E-state index in [1.807, 2.05) is 36.4 Å². The van der Waals surface area contributed by atoms with Crippen molar-refractivity contribution in [2.75, 3.05) is 6.54 Å². The molecule has 4 heteroatoms. The van der Waals surface area contributed by atoms with Crippen LogP contribution in [0.4, 0.5) is 0 Å². The lowest BCUT2D eigenvalue weighted by Gasteiger charge is -2.18. The fourth-order valence-electron chi connectivity index (χ4n) is 2.21. The molecule has 0 amide bonds. The Morgan fingerprint density at radius 1 is 1.10 bits per heavy atom. The van der Waals surface area contributed by atoms with Gasteiger partial charge in [0.15, 0.2) is 0 Å². The van der Waals surface area contributed by atoms with Crippen LogP contribution in [-0.4, -0.2) is 17.7 Å². The van der Waals surface area contributed by atoms with Gasteiger partial charge in [0.25, 0.3) is 0 Å². The summed E-state index contributed by atoms with van der Waals surface area (Å²) in [5.74, 6) is 0. The van der Waals surface area contributed by atoms with E-state index in [2.05, 4.69) is 12.2 Å². The second-order valence-corrected chi connectivity index (χ2v) is 6.02. The van der Waals surface area contributed by atoms with Gasteiger partial charge in [-0.2, -0.15) is 0 Å².